The third-order valence-electron chi connectivity index (χ3n) is 3.46. The van der Waals surface area contributed by atoms with Gasteiger partial charge in [-0.1, -0.05) is 6.07 Å². The Morgan fingerprint density at radius 2 is 2.18 bits per heavy atom. The highest BCUT2D eigenvalue weighted by atomic mass is 16.3. The SMILES string of the molecule is N=CC=C(N)c1ccc2c(c1)nc(N)c1cn(CCO)nc12. The average Bonchev–Trinajstić information content (AvgIpc) is 2.92. The van der Waals surface area contributed by atoms with Gasteiger partial charge in [-0.2, -0.15) is 5.10 Å². The summed E-state index contributed by atoms with van der Waals surface area (Å²) in [5.74, 6) is 0.387. The number of aliphatic hydroxyl groups is 1. The number of nitrogens with one attached hydrogen (secondary N) is 1. The molecule has 0 unspecified atom stereocenters. The number of benzene rings is 1. The molecule has 7 nitrogen and oxygen atoms in total. The Balaban J connectivity index is 2.24. The zero-order valence-corrected chi connectivity index (χ0v) is 11.8. The van der Waals surface area contributed by atoms with Gasteiger partial charge in [-0.25, -0.2) is 4.98 Å². The van der Waals surface area contributed by atoms with Crippen molar-refractivity contribution in [3.05, 3.63) is 36.0 Å². The van der Waals surface area contributed by atoms with E-state index in [0.717, 1.165) is 28.1 Å². The van der Waals surface area contributed by atoms with Crippen LogP contribution < -0.4 is 11.5 Å². The molecule has 112 valence electrons. The van der Waals surface area contributed by atoms with E-state index in [2.05, 4.69) is 10.1 Å². The first kappa shape index (κ1) is 14.0. The van der Waals surface area contributed by atoms with Crippen molar-refractivity contribution in [3.8, 4) is 0 Å². The lowest BCUT2D eigenvalue weighted by Crippen LogP contribution is -2.01. The van der Waals surface area contributed by atoms with E-state index in [1.165, 1.54) is 6.08 Å². The van der Waals surface area contributed by atoms with Crippen LogP contribution in [0.3, 0.4) is 0 Å². The molecule has 0 spiro atoms. The van der Waals surface area contributed by atoms with Gasteiger partial charge >= 0.3 is 0 Å². The average molecular weight is 296 g/mol. The zero-order valence-electron chi connectivity index (χ0n) is 11.8. The number of allylic oxidation sites excluding steroid dienone is 1. The summed E-state index contributed by atoms with van der Waals surface area (Å²) in [6.45, 7) is 0.414. The van der Waals surface area contributed by atoms with E-state index >= 15 is 0 Å². The molecule has 0 radical (unpaired) electrons. The Bertz CT molecular complexity index is 896. The Morgan fingerprint density at radius 1 is 1.36 bits per heavy atom. The number of fused-ring (bicyclic) bond motifs is 3. The van der Waals surface area contributed by atoms with Crippen LogP contribution in [0, 0.1) is 5.41 Å². The molecule has 7 heteroatoms. The lowest BCUT2D eigenvalue weighted by atomic mass is 10.1. The number of anilines is 1. The number of nitrogens with zero attached hydrogens (tertiary/aromatic N) is 3. The van der Waals surface area contributed by atoms with Crippen LogP contribution in [0.25, 0.3) is 27.5 Å². The number of hydrogen-bond acceptors (Lipinski definition) is 6. The van der Waals surface area contributed by atoms with Crippen molar-refractivity contribution >= 4 is 39.5 Å². The number of nitrogens with two attached hydrogens (primary N) is 2. The van der Waals surface area contributed by atoms with E-state index in [4.69, 9.17) is 22.0 Å². The molecule has 0 aliphatic carbocycles. The Labute approximate surface area is 126 Å². The molecule has 0 atom stereocenters. The van der Waals surface area contributed by atoms with Crippen molar-refractivity contribution < 1.29 is 5.11 Å². The van der Waals surface area contributed by atoms with Gasteiger partial charge in [-0.3, -0.25) is 4.68 Å². The normalized spacial score (nSPS) is 12.1. The molecule has 3 rings (SSSR count). The van der Waals surface area contributed by atoms with Gasteiger partial charge in [0.1, 0.15) is 11.3 Å². The number of rotatable bonds is 4. The largest absolute Gasteiger partial charge is 0.398 e. The van der Waals surface area contributed by atoms with Gasteiger partial charge in [0.05, 0.1) is 24.1 Å². The Kier molecular flexibility index (Phi) is 3.48. The molecular formula is C15H16N6O. The van der Waals surface area contributed by atoms with E-state index in [9.17, 15) is 0 Å². The number of pyridine rings is 1. The highest BCUT2D eigenvalue weighted by molar-refractivity contribution is 6.07. The van der Waals surface area contributed by atoms with E-state index in [1.54, 1.807) is 10.9 Å². The van der Waals surface area contributed by atoms with Gasteiger partial charge in [0.2, 0.25) is 0 Å². The molecule has 0 amide bonds. The number of aliphatic hydroxyl groups excluding tert-OH is 1. The molecule has 0 saturated heterocycles. The second-order valence-electron chi connectivity index (χ2n) is 4.90. The third-order valence-corrected chi connectivity index (χ3v) is 3.46. The second kappa shape index (κ2) is 5.45. The lowest BCUT2D eigenvalue weighted by Gasteiger charge is -2.05. The van der Waals surface area contributed by atoms with Crippen molar-refractivity contribution in [1.82, 2.24) is 14.8 Å². The van der Waals surface area contributed by atoms with Gasteiger partial charge in [0, 0.05) is 23.5 Å². The molecule has 0 aliphatic heterocycles. The lowest BCUT2D eigenvalue weighted by molar-refractivity contribution is 0.270. The summed E-state index contributed by atoms with van der Waals surface area (Å²) in [6.07, 6.45) is 4.44. The molecule has 2 heterocycles. The molecule has 2 aromatic heterocycles. The predicted molar refractivity (Wildman–Crippen MR) is 87.5 cm³/mol. The fourth-order valence-electron chi connectivity index (χ4n) is 2.40. The van der Waals surface area contributed by atoms with Crippen LogP contribution in [-0.2, 0) is 6.54 Å². The quantitative estimate of drug-likeness (QED) is 0.536. The van der Waals surface area contributed by atoms with Crippen molar-refractivity contribution in [1.29, 1.82) is 5.41 Å². The minimum atomic E-state index is 0.00829. The van der Waals surface area contributed by atoms with Crippen molar-refractivity contribution in [2.24, 2.45) is 5.73 Å². The van der Waals surface area contributed by atoms with Crippen LogP contribution in [0.15, 0.2) is 30.5 Å². The summed E-state index contributed by atoms with van der Waals surface area (Å²) in [5.41, 5.74) is 14.6. The molecule has 1 aromatic carbocycles. The number of hydrogen-bond donors (Lipinski definition) is 4. The summed E-state index contributed by atoms with van der Waals surface area (Å²) in [5, 5.41) is 22.2. The van der Waals surface area contributed by atoms with Crippen molar-refractivity contribution in [2.75, 3.05) is 12.3 Å². The first-order valence-electron chi connectivity index (χ1n) is 6.78. The zero-order chi connectivity index (χ0) is 15.7. The first-order chi connectivity index (χ1) is 10.6. The molecular weight excluding hydrogens is 280 g/mol. The standard InChI is InChI=1S/C15H16N6O/c16-4-3-12(17)9-1-2-10-13(7-9)19-15(18)11-8-21(5-6-22)20-14(10)11/h1-4,7-8,16,22H,5-6,17H2,(H2,18,19). The molecule has 6 N–H and O–H groups in total. The maximum absolute atomic E-state index is 9.03. The summed E-state index contributed by atoms with van der Waals surface area (Å²) in [6, 6.07) is 5.58. The number of nitrogen functional groups attached to an aromatic ring is 1. The molecule has 0 fully saturated rings. The second-order valence-corrected chi connectivity index (χ2v) is 4.90. The summed E-state index contributed by atoms with van der Waals surface area (Å²) >= 11 is 0. The first-order valence-corrected chi connectivity index (χ1v) is 6.78. The minimum Gasteiger partial charge on any atom is -0.398 e. The van der Waals surface area contributed by atoms with Gasteiger partial charge in [-0.05, 0) is 23.8 Å². The summed E-state index contributed by atoms with van der Waals surface area (Å²) < 4.78 is 1.65. The molecule has 0 saturated carbocycles. The van der Waals surface area contributed by atoms with E-state index in [0.29, 0.717) is 23.6 Å². The van der Waals surface area contributed by atoms with Crippen molar-refractivity contribution in [3.63, 3.8) is 0 Å². The van der Waals surface area contributed by atoms with E-state index in [-0.39, 0.29) is 6.61 Å². The van der Waals surface area contributed by atoms with E-state index in [1.807, 2.05) is 18.2 Å². The molecule has 0 aliphatic rings. The summed E-state index contributed by atoms with van der Waals surface area (Å²) in [7, 11) is 0. The van der Waals surface area contributed by atoms with E-state index < -0.39 is 0 Å². The van der Waals surface area contributed by atoms with Crippen LogP contribution in [0.1, 0.15) is 5.56 Å². The van der Waals surface area contributed by atoms with Crippen molar-refractivity contribution in [2.45, 2.75) is 6.54 Å². The van der Waals surface area contributed by atoms with Gasteiger partial charge in [0.15, 0.2) is 0 Å². The molecule has 0 bridgehead atoms. The Hall–Kier alpha value is -2.93. The van der Waals surface area contributed by atoms with Crippen LogP contribution in [0.4, 0.5) is 5.82 Å². The molecule has 22 heavy (non-hydrogen) atoms. The van der Waals surface area contributed by atoms with Crippen LogP contribution in [-0.4, -0.2) is 32.7 Å². The van der Waals surface area contributed by atoms with Crippen LogP contribution >= 0.6 is 0 Å². The predicted octanol–water partition coefficient (Wildman–Crippen LogP) is 1.11. The highest BCUT2D eigenvalue weighted by Crippen LogP contribution is 2.28. The highest BCUT2D eigenvalue weighted by Gasteiger charge is 2.11. The van der Waals surface area contributed by atoms with Gasteiger partial charge in [-0.15, -0.1) is 0 Å². The monoisotopic (exact) mass is 296 g/mol. The fourth-order valence-corrected chi connectivity index (χ4v) is 2.40. The minimum absolute atomic E-state index is 0.00829. The fraction of sp³-hybridized carbons (Fsp3) is 0.133. The smallest absolute Gasteiger partial charge is 0.135 e. The number of aromatic nitrogens is 3. The van der Waals surface area contributed by atoms with Crippen LogP contribution in [0.2, 0.25) is 0 Å². The summed E-state index contributed by atoms with van der Waals surface area (Å²) in [4.78, 5) is 4.40. The van der Waals surface area contributed by atoms with Gasteiger partial charge < -0.3 is 22.0 Å². The Morgan fingerprint density at radius 3 is 2.91 bits per heavy atom. The van der Waals surface area contributed by atoms with Crippen LogP contribution in [0.5, 0.6) is 0 Å². The maximum atomic E-state index is 9.03. The maximum Gasteiger partial charge on any atom is 0.135 e. The molecule has 3 aromatic rings. The third kappa shape index (κ3) is 2.27. The van der Waals surface area contributed by atoms with Gasteiger partial charge in [0.25, 0.3) is 0 Å². The topological polar surface area (TPSA) is 127 Å².